The van der Waals surface area contributed by atoms with E-state index in [4.69, 9.17) is 36.5 Å². The van der Waals surface area contributed by atoms with Crippen LogP contribution in [-0.4, -0.2) is 31.4 Å². The van der Waals surface area contributed by atoms with Crippen molar-refractivity contribution in [2.75, 3.05) is 19.8 Å². The van der Waals surface area contributed by atoms with Crippen LogP contribution < -0.4 is 10.5 Å². The number of halogens is 2. The Hall–Kier alpha value is -2.57. The van der Waals surface area contributed by atoms with E-state index in [1.165, 1.54) is 12.2 Å². The van der Waals surface area contributed by atoms with Crippen LogP contribution >= 0.6 is 11.6 Å². The zero-order valence-corrected chi connectivity index (χ0v) is 17.5. The summed E-state index contributed by atoms with van der Waals surface area (Å²) in [5.41, 5.74) is 6.42. The van der Waals surface area contributed by atoms with Crippen molar-refractivity contribution in [3.8, 4) is 5.75 Å². The fraction of sp³-hybridized carbons (Fsp3) is 0.348. The highest BCUT2D eigenvalue weighted by atomic mass is 35.5. The minimum absolute atomic E-state index is 0.151. The number of ether oxygens (including phenoxy) is 3. The van der Waals surface area contributed by atoms with E-state index in [2.05, 4.69) is 0 Å². The monoisotopic (exact) mass is 428 g/mol. The molecule has 1 aromatic rings. The molecule has 0 amide bonds. The molecule has 2 N–H and O–H groups in total. The third-order valence-electron chi connectivity index (χ3n) is 6.62. The summed E-state index contributed by atoms with van der Waals surface area (Å²) in [7, 11) is 0. The molecule has 7 heteroatoms. The summed E-state index contributed by atoms with van der Waals surface area (Å²) in [5.74, 6) is 0.318. The minimum atomic E-state index is -0.755. The van der Waals surface area contributed by atoms with E-state index in [1.54, 1.807) is 18.2 Å². The molecule has 2 spiro atoms. The van der Waals surface area contributed by atoms with Gasteiger partial charge in [-0.1, -0.05) is 29.8 Å². The van der Waals surface area contributed by atoms with E-state index in [9.17, 15) is 4.39 Å². The number of aliphatic imine (C=N–C) groups is 1. The molecule has 5 rings (SSSR count). The highest BCUT2D eigenvalue weighted by Crippen LogP contribution is 2.62. The number of nitrogens with two attached hydrogens (primary N) is 1. The van der Waals surface area contributed by atoms with E-state index >= 15 is 0 Å². The second kappa shape index (κ2) is 6.46. The fourth-order valence-electron chi connectivity index (χ4n) is 4.80. The highest BCUT2D eigenvalue weighted by molar-refractivity contribution is 6.35. The second-order valence-corrected chi connectivity index (χ2v) is 8.91. The van der Waals surface area contributed by atoms with Crippen LogP contribution in [0.25, 0.3) is 5.57 Å². The van der Waals surface area contributed by atoms with Crippen LogP contribution in [0.5, 0.6) is 5.75 Å². The summed E-state index contributed by atoms with van der Waals surface area (Å²) in [5, 5.41) is 0.438. The normalized spacial score (nSPS) is 30.3. The number of rotatable bonds is 1. The maximum Gasteiger partial charge on any atom is 0.283 e. The molecule has 1 aliphatic carbocycles. The van der Waals surface area contributed by atoms with Gasteiger partial charge in [0.2, 0.25) is 0 Å². The summed E-state index contributed by atoms with van der Waals surface area (Å²) in [6.45, 7) is 5.35. The van der Waals surface area contributed by atoms with Crippen molar-refractivity contribution in [3.05, 3.63) is 70.6 Å². The standard InChI is InChI=1S/C23H22ClFN2O3/c1-21(2)22(11-28-12-22)23(13-29-20(26)27-23)17-9-14(7-8-19(17)30-21)16-10-15(25)5-3-4-6-18(16)24/h3-10H,11-13H2,1-2H3,(H2,26,27)/b4-3?,5-3+,6-4+,15-5?,15-10?,16-10?,18-6?,18-16?. The van der Waals surface area contributed by atoms with Gasteiger partial charge in [0.1, 0.15) is 29.3 Å². The molecular weight excluding hydrogens is 407 g/mol. The van der Waals surface area contributed by atoms with Crippen LogP contribution in [0.3, 0.4) is 0 Å². The van der Waals surface area contributed by atoms with Crippen molar-refractivity contribution >= 4 is 23.2 Å². The van der Waals surface area contributed by atoms with Gasteiger partial charge in [0.15, 0.2) is 0 Å². The van der Waals surface area contributed by atoms with Crippen LogP contribution in [0.4, 0.5) is 4.39 Å². The predicted molar refractivity (Wildman–Crippen MR) is 114 cm³/mol. The largest absolute Gasteiger partial charge is 0.487 e. The van der Waals surface area contributed by atoms with Gasteiger partial charge in [-0.15, -0.1) is 0 Å². The molecule has 0 bridgehead atoms. The lowest BCUT2D eigenvalue weighted by molar-refractivity contribution is -0.247. The Bertz CT molecular complexity index is 1080. The molecule has 3 aliphatic heterocycles. The van der Waals surface area contributed by atoms with E-state index < -0.39 is 16.6 Å². The summed E-state index contributed by atoms with van der Waals surface area (Å²) < 4.78 is 32.0. The molecule has 0 saturated carbocycles. The third-order valence-corrected chi connectivity index (χ3v) is 6.95. The summed E-state index contributed by atoms with van der Waals surface area (Å²) in [4.78, 5) is 4.79. The molecule has 156 valence electrons. The number of hydrogen-bond donors (Lipinski definition) is 1. The number of hydrogen-bond acceptors (Lipinski definition) is 5. The first kappa shape index (κ1) is 19.4. The van der Waals surface area contributed by atoms with Crippen molar-refractivity contribution < 1.29 is 18.6 Å². The van der Waals surface area contributed by atoms with Gasteiger partial charge in [-0.25, -0.2) is 9.38 Å². The Morgan fingerprint density at radius 2 is 1.90 bits per heavy atom. The Morgan fingerprint density at radius 3 is 2.57 bits per heavy atom. The van der Waals surface area contributed by atoms with E-state index in [-0.39, 0.29) is 11.8 Å². The van der Waals surface area contributed by atoms with Crippen LogP contribution in [0.15, 0.2) is 64.4 Å². The summed E-state index contributed by atoms with van der Waals surface area (Å²) >= 11 is 6.48. The van der Waals surface area contributed by atoms with Crippen LogP contribution in [0, 0.1) is 5.41 Å². The molecule has 5 nitrogen and oxygen atoms in total. The van der Waals surface area contributed by atoms with E-state index in [0.29, 0.717) is 36.2 Å². The SMILES string of the molecule is CC1(C)Oc2ccc(C3=C(Cl)/C=C/C=C/C(F)=C3)cc2C2(COC(N)=N2)C12COC2. The van der Waals surface area contributed by atoms with Gasteiger partial charge in [0.05, 0.1) is 18.6 Å². The topological polar surface area (TPSA) is 66.1 Å². The number of amidine groups is 1. The quantitative estimate of drug-likeness (QED) is 0.722. The maximum atomic E-state index is 14.3. The fourth-order valence-corrected chi connectivity index (χ4v) is 5.03. The maximum absolute atomic E-state index is 14.3. The molecule has 0 radical (unpaired) electrons. The van der Waals surface area contributed by atoms with Crippen molar-refractivity contribution in [2.24, 2.45) is 16.1 Å². The lowest BCUT2D eigenvalue weighted by atomic mass is 9.55. The zero-order chi connectivity index (χ0) is 21.1. The number of nitrogens with zero attached hydrogens (tertiary/aromatic N) is 1. The van der Waals surface area contributed by atoms with Gasteiger partial charge in [0, 0.05) is 16.2 Å². The van der Waals surface area contributed by atoms with Gasteiger partial charge in [0.25, 0.3) is 6.02 Å². The molecule has 1 atom stereocenters. The smallest absolute Gasteiger partial charge is 0.283 e. The molecule has 30 heavy (non-hydrogen) atoms. The second-order valence-electron chi connectivity index (χ2n) is 8.51. The van der Waals surface area contributed by atoms with E-state index in [0.717, 1.165) is 11.1 Å². The van der Waals surface area contributed by atoms with Gasteiger partial charge in [-0.3, -0.25) is 0 Å². The van der Waals surface area contributed by atoms with Gasteiger partial charge in [-0.05, 0) is 49.8 Å². The van der Waals surface area contributed by atoms with Crippen LogP contribution in [-0.2, 0) is 15.0 Å². The highest BCUT2D eigenvalue weighted by Gasteiger charge is 2.71. The van der Waals surface area contributed by atoms with Crippen molar-refractivity contribution in [1.29, 1.82) is 0 Å². The number of fused-ring (bicyclic) bond motifs is 3. The average molecular weight is 429 g/mol. The van der Waals surface area contributed by atoms with Crippen molar-refractivity contribution in [2.45, 2.75) is 25.0 Å². The molecular formula is C23H22ClFN2O3. The molecule has 4 aliphatic rings. The van der Waals surface area contributed by atoms with Crippen LogP contribution in [0.1, 0.15) is 25.0 Å². The van der Waals surface area contributed by atoms with Gasteiger partial charge < -0.3 is 19.9 Å². The van der Waals surface area contributed by atoms with Crippen molar-refractivity contribution in [1.82, 2.24) is 0 Å². The average Bonchev–Trinajstić information content (AvgIpc) is 3.02. The molecule has 3 heterocycles. The summed E-state index contributed by atoms with van der Waals surface area (Å²) in [6, 6.07) is 5.86. The zero-order valence-electron chi connectivity index (χ0n) is 16.7. The molecule has 1 fully saturated rings. The first-order valence-electron chi connectivity index (χ1n) is 9.80. The molecule has 1 saturated heterocycles. The molecule has 1 unspecified atom stereocenters. The predicted octanol–water partition coefficient (Wildman–Crippen LogP) is 4.34. The van der Waals surface area contributed by atoms with Gasteiger partial charge in [-0.2, -0.15) is 0 Å². The number of benzene rings is 1. The number of allylic oxidation sites excluding steroid dienone is 8. The molecule has 1 aromatic carbocycles. The lowest BCUT2D eigenvalue weighted by Gasteiger charge is -2.61. The van der Waals surface area contributed by atoms with Crippen LogP contribution in [0.2, 0.25) is 0 Å². The van der Waals surface area contributed by atoms with Crippen molar-refractivity contribution in [3.63, 3.8) is 0 Å². The third kappa shape index (κ3) is 2.53. The van der Waals surface area contributed by atoms with E-state index in [1.807, 2.05) is 32.0 Å². The Balaban J connectivity index is 1.73. The molecule has 0 aromatic heterocycles. The van der Waals surface area contributed by atoms with Gasteiger partial charge >= 0.3 is 0 Å². The first-order chi connectivity index (χ1) is 14.3. The summed E-state index contributed by atoms with van der Waals surface area (Å²) in [6.07, 6.45) is 7.87. The Morgan fingerprint density at radius 1 is 1.13 bits per heavy atom. The Labute approximate surface area is 179 Å². The first-order valence-corrected chi connectivity index (χ1v) is 10.2. The Kier molecular flexibility index (Phi) is 4.18. The minimum Gasteiger partial charge on any atom is -0.487 e. The lowest BCUT2D eigenvalue weighted by Crippen LogP contribution is -2.71.